The van der Waals surface area contributed by atoms with Crippen molar-refractivity contribution in [2.45, 2.75) is 171 Å². The van der Waals surface area contributed by atoms with Crippen molar-refractivity contribution in [2.24, 2.45) is 22.1 Å². The van der Waals surface area contributed by atoms with Gasteiger partial charge in [0.2, 0.25) is 11.6 Å². The molecule has 2 unspecified atom stereocenters. The zero-order chi connectivity index (χ0) is 68.4. The predicted molar refractivity (Wildman–Crippen MR) is 377 cm³/mol. The number of hydrogen-bond donors (Lipinski definition) is 0. The van der Waals surface area contributed by atoms with Gasteiger partial charge in [-0.15, -0.1) is 0 Å². The van der Waals surface area contributed by atoms with Gasteiger partial charge in [-0.25, -0.2) is 19.2 Å². The molecule has 2 atom stereocenters. The largest absolute Gasteiger partial charge is 0.423 e. The highest BCUT2D eigenvalue weighted by Gasteiger charge is 2.25. The lowest BCUT2D eigenvalue weighted by Crippen LogP contribution is -2.16. The monoisotopic (exact) mass is 1290 g/mol. The number of nitrogens with zero attached hydrogens (tertiary/aromatic N) is 4. The van der Waals surface area contributed by atoms with E-state index in [1.807, 2.05) is 60.7 Å². The average molecular weight is 1300 g/mol. The number of Topliss-reactive ketones (excluding diaryl/α,β-unsaturated/α-hetero) is 2. The third-order valence-corrected chi connectivity index (χ3v) is 17.9. The van der Waals surface area contributed by atoms with E-state index in [2.05, 4.69) is 61.0 Å². The standard InChI is InChI=1S/C80H86N4O12/c1-9-15-19-23-69(81-95-51(7)85)77(89)61-35-43-73-67(47-61)65-45-59(33-41-71(65)83(73)49-53(13-5)21-17-11-3)75(87)55-29-37-63(38-30-55)93-79(91)57-25-27-58(28-26-57)80(92)94-64-39-31-56(32-40-64)76(88)60-34-42-72-66(46-60)68-48-62(78(90)70(24-20-16-10-2)82-96-52(8)86)36-44-74(68)84(72)50-54(14-6)22-18-12-4/h25-48,53-54H,9-24,49-50H2,1-8H3/b81-69+,82-70+. The zero-order valence-electron chi connectivity index (χ0n) is 56.4. The summed E-state index contributed by atoms with van der Waals surface area (Å²) in [6, 6.07) is 40.8. The Hall–Kier alpha value is -9.96. The van der Waals surface area contributed by atoms with Gasteiger partial charge in [0.15, 0.2) is 11.6 Å². The number of fused-ring (bicyclic) bond motifs is 6. The maximum atomic E-state index is 14.3. The van der Waals surface area contributed by atoms with Crippen LogP contribution >= 0.6 is 0 Å². The minimum atomic E-state index is -0.688. The molecule has 0 spiro atoms. The average Bonchev–Trinajstić information content (AvgIpc) is 1.60. The summed E-state index contributed by atoms with van der Waals surface area (Å²) in [5, 5.41) is 11.2. The maximum absolute atomic E-state index is 14.3. The van der Waals surface area contributed by atoms with Gasteiger partial charge in [-0.2, -0.15) is 0 Å². The van der Waals surface area contributed by atoms with Crippen molar-refractivity contribution < 1.29 is 57.5 Å². The van der Waals surface area contributed by atoms with Crippen LogP contribution in [-0.4, -0.2) is 67.6 Å². The Morgan fingerprint density at radius 2 is 0.667 bits per heavy atom. The molecule has 9 rings (SSSR count). The van der Waals surface area contributed by atoms with Gasteiger partial charge in [0, 0.05) is 104 Å². The molecule has 0 aliphatic carbocycles. The number of rotatable bonds is 34. The number of carbonyl (C=O) groups is 8. The number of hydrogen-bond acceptors (Lipinski definition) is 14. The van der Waals surface area contributed by atoms with Crippen molar-refractivity contribution >= 4 is 102 Å². The quantitative estimate of drug-likeness (QED) is 0.00702. The van der Waals surface area contributed by atoms with Gasteiger partial charge in [-0.3, -0.25) is 19.2 Å². The van der Waals surface area contributed by atoms with Crippen LogP contribution in [0.25, 0.3) is 43.6 Å². The smallest absolute Gasteiger partial charge is 0.343 e. The van der Waals surface area contributed by atoms with Crippen LogP contribution < -0.4 is 9.47 Å². The fourth-order valence-electron chi connectivity index (χ4n) is 12.3. The van der Waals surface area contributed by atoms with Crippen LogP contribution in [0.5, 0.6) is 11.5 Å². The predicted octanol–water partition coefficient (Wildman–Crippen LogP) is 18.6. The number of ether oxygens (including phenoxy) is 2. The zero-order valence-corrected chi connectivity index (χ0v) is 56.4. The minimum absolute atomic E-state index is 0.165. The molecule has 2 heterocycles. The number of aromatic nitrogens is 2. The Bertz CT molecular complexity index is 4120. The van der Waals surface area contributed by atoms with Crippen molar-refractivity contribution in [1.29, 1.82) is 0 Å². The molecule has 0 radical (unpaired) electrons. The SMILES string of the molecule is CCCCC/C(=N\OC(C)=O)C(=O)c1ccc2c(c1)c1cc(C(=O)c3ccc(OC(=O)c4ccc(C(=O)Oc5ccc(C(=O)c6ccc7c(c6)c6cc(C(=O)/C(CCCCC)=N/OC(C)=O)ccc6n7CC(CC)CCCC)cc5)cc4)cc3)ccc1n2CC(CC)CCCC. The van der Waals surface area contributed by atoms with Crippen molar-refractivity contribution in [3.63, 3.8) is 0 Å². The molecule has 16 heteroatoms. The minimum Gasteiger partial charge on any atom is -0.423 e. The fraction of sp³-hybridized carbons (Fsp3) is 0.350. The molecule has 0 aliphatic heterocycles. The fourth-order valence-corrected chi connectivity index (χ4v) is 12.3. The summed E-state index contributed by atoms with van der Waals surface area (Å²) in [6.45, 7) is 16.9. The van der Waals surface area contributed by atoms with Crippen LogP contribution in [0, 0.1) is 11.8 Å². The van der Waals surface area contributed by atoms with Crippen molar-refractivity contribution in [2.75, 3.05) is 0 Å². The molecular weight excluding hydrogens is 1210 g/mol. The molecule has 498 valence electrons. The van der Waals surface area contributed by atoms with E-state index in [0.717, 1.165) is 134 Å². The first-order valence-electron chi connectivity index (χ1n) is 34.0. The summed E-state index contributed by atoms with van der Waals surface area (Å²) in [4.78, 5) is 117. The Balaban J connectivity index is 0.871. The second-order valence-corrected chi connectivity index (χ2v) is 24.9. The van der Waals surface area contributed by atoms with Gasteiger partial charge in [0.1, 0.15) is 22.9 Å². The third-order valence-electron chi connectivity index (χ3n) is 17.9. The van der Waals surface area contributed by atoms with Crippen LogP contribution in [0.1, 0.15) is 231 Å². The Labute approximate surface area is 561 Å². The summed E-state index contributed by atoms with van der Waals surface area (Å²) in [5.41, 5.74) is 6.79. The van der Waals surface area contributed by atoms with Crippen molar-refractivity contribution in [3.05, 3.63) is 190 Å². The van der Waals surface area contributed by atoms with Gasteiger partial charge >= 0.3 is 23.9 Å². The molecule has 7 aromatic carbocycles. The second-order valence-electron chi connectivity index (χ2n) is 24.9. The summed E-state index contributed by atoms with van der Waals surface area (Å²) >= 11 is 0. The van der Waals surface area contributed by atoms with E-state index in [4.69, 9.17) is 19.1 Å². The number of oxime groups is 2. The van der Waals surface area contributed by atoms with Crippen molar-refractivity contribution in [3.8, 4) is 11.5 Å². The Morgan fingerprint density at radius 1 is 0.365 bits per heavy atom. The number of benzene rings is 7. The molecular formula is C80H86N4O12. The lowest BCUT2D eigenvalue weighted by molar-refractivity contribution is -0.141. The summed E-state index contributed by atoms with van der Waals surface area (Å²) in [6.07, 6.45) is 14.3. The highest BCUT2D eigenvalue weighted by molar-refractivity contribution is 6.47. The maximum Gasteiger partial charge on any atom is 0.343 e. The molecule has 0 N–H and O–H groups in total. The third kappa shape index (κ3) is 17.1. The molecule has 0 bridgehead atoms. The van der Waals surface area contributed by atoms with Gasteiger partial charge in [0.25, 0.3) is 0 Å². The summed E-state index contributed by atoms with van der Waals surface area (Å²) < 4.78 is 16.0. The van der Waals surface area contributed by atoms with Crippen LogP contribution in [0.15, 0.2) is 156 Å². The molecule has 0 saturated heterocycles. The van der Waals surface area contributed by atoms with Crippen LogP contribution in [0.3, 0.4) is 0 Å². The van der Waals surface area contributed by atoms with Crippen LogP contribution in [0.2, 0.25) is 0 Å². The van der Waals surface area contributed by atoms with Gasteiger partial charge in [-0.05, 0) is 196 Å². The molecule has 2 aromatic heterocycles. The number of ketones is 4. The van der Waals surface area contributed by atoms with E-state index < -0.39 is 23.9 Å². The normalized spacial score (nSPS) is 12.5. The second kappa shape index (κ2) is 33.4. The van der Waals surface area contributed by atoms with E-state index in [1.54, 1.807) is 60.7 Å². The number of esters is 2. The van der Waals surface area contributed by atoms with E-state index in [0.29, 0.717) is 70.9 Å². The first-order chi connectivity index (χ1) is 46.5. The molecule has 9 aromatic rings. The van der Waals surface area contributed by atoms with Crippen molar-refractivity contribution in [1.82, 2.24) is 9.13 Å². The Kier molecular flexibility index (Phi) is 24.5. The molecule has 96 heavy (non-hydrogen) atoms. The highest BCUT2D eigenvalue weighted by Crippen LogP contribution is 2.36. The van der Waals surface area contributed by atoms with E-state index >= 15 is 0 Å². The van der Waals surface area contributed by atoms with E-state index in [1.165, 1.54) is 38.1 Å². The van der Waals surface area contributed by atoms with Gasteiger partial charge in [-0.1, -0.05) is 116 Å². The molecule has 0 amide bonds. The number of unbranched alkanes of at least 4 members (excludes halogenated alkanes) is 6. The van der Waals surface area contributed by atoms with E-state index in [9.17, 15) is 38.4 Å². The lowest BCUT2D eigenvalue weighted by atomic mass is 9.98. The van der Waals surface area contributed by atoms with Gasteiger partial charge < -0.3 is 28.3 Å². The molecule has 0 saturated carbocycles. The van der Waals surface area contributed by atoms with Crippen LogP contribution in [-0.2, 0) is 32.4 Å². The molecule has 0 aliphatic rings. The molecule has 16 nitrogen and oxygen atoms in total. The van der Waals surface area contributed by atoms with E-state index in [-0.39, 0.29) is 57.2 Å². The first-order valence-corrected chi connectivity index (χ1v) is 34.0. The summed E-state index contributed by atoms with van der Waals surface area (Å²) in [7, 11) is 0. The summed E-state index contributed by atoms with van der Waals surface area (Å²) in [5.74, 6) is -2.54. The lowest BCUT2D eigenvalue weighted by Gasteiger charge is -2.17. The number of carbonyl (C=O) groups excluding carboxylic acids is 8. The highest BCUT2D eigenvalue weighted by atomic mass is 16.7. The first kappa shape index (κ1) is 70.4. The van der Waals surface area contributed by atoms with Crippen LogP contribution in [0.4, 0.5) is 0 Å². The molecule has 0 fully saturated rings. The van der Waals surface area contributed by atoms with Gasteiger partial charge in [0.05, 0.1) is 11.1 Å². The topological polar surface area (TPSA) is 208 Å². The Morgan fingerprint density at radius 3 is 0.979 bits per heavy atom.